The Balaban J connectivity index is 2.17. The first-order chi connectivity index (χ1) is 11.0. The van der Waals surface area contributed by atoms with E-state index < -0.39 is 0 Å². The van der Waals surface area contributed by atoms with Crippen molar-refractivity contribution >= 4 is 27.5 Å². The van der Waals surface area contributed by atoms with Gasteiger partial charge in [0, 0.05) is 28.1 Å². The fourth-order valence-corrected chi connectivity index (χ4v) is 2.93. The number of pyridine rings is 2. The SMILES string of the molecule is CC(C)(C)c1cc2nc3c4ccccc4c(C#N)cn3c2cn1. The van der Waals surface area contributed by atoms with Gasteiger partial charge >= 0.3 is 0 Å². The average Bonchev–Trinajstić information content (AvgIpc) is 2.91. The standard InChI is InChI=1S/C19H16N4/c1-19(2,3)17-8-15-16(10-21-17)23-11-12(9-20)13-6-4-5-7-14(13)18(23)22-15/h4-8,10-11H,1-3H3. The molecule has 0 aliphatic rings. The number of aromatic nitrogens is 3. The lowest BCUT2D eigenvalue weighted by Gasteiger charge is -2.16. The lowest BCUT2D eigenvalue weighted by Crippen LogP contribution is -2.13. The van der Waals surface area contributed by atoms with Crippen molar-refractivity contribution in [2.24, 2.45) is 0 Å². The average molecular weight is 300 g/mol. The second-order valence-electron chi connectivity index (χ2n) is 6.81. The van der Waals surface area contributed by atoms with Gasteiger partial charge < -0.3 is 0 Å². The number of nitriles is 1. The first kappa shape index (κ1) is 13.7. The Morgan fingerprint density at radius 3 is 2.57 bits per heavy atom. The molecule has 0 N–H and O–H groups in total. The van der Waals surface area contributed by atoms with Crippen molar-refractivity contribution in [2.75, 3.05) is 0 Å². The highest BCUT2D eigenvalue weighted by Gasteiger charge is 2.18. The van der Waals surface area contributed by atoms with Crippen LogP contribution in [0.3, 0.4) is 0 Å². The van der Waals surface area contributed by atoms with Gasteiger partial charge in [-0.3, -0.25) is 9.38 Å². The van der Waals surface area contributed by atoms with E-state index in [9.17, 15) is 5.26 Å². The second-order valence-corrected chi connectivity index (χ2v) is 6.81. The molecule has 112 valence electrons. The van der Waals surface area contributed by atoms with E-state index in [2.05, 4.69) is 31.8 Å². The summed E-state index contributed by atoms with van der Waals surface area (Å²) in [5, 5.41) is 11.4. The van der Waals surface area contributed by atoms with Gasteiger partial charge in [0.1, 0.15) is 11.7 Å². The predicted octanol–water partition coefficient (Wildman–Crippen LogP) is 4.20. The minimum atomic E-state index is -0.0239. The van der Waals surface area contributed by atoms with E-state index >= 15 is 0 Å². The number of hydrogen-bond acceptors (Lipinski definition) is 3. The van der Waals surface area contributed by atoms with E-state index in [1.807, 2.05) is 47.1 Å². The van der Waals surface area contributed by atoms with Crippen molar-refractivity contribution in [1.82, 2.24) is 14.4 Å². The highest BCUT2D eigenvalue weighted by molar-refractivity contribution is 6.00. The summed E-state index contributed by atoms with van der Waals surface area (Å²) in [5.41, 5.74) is 4.33. The third kappa shape index (κ3) is 1.97. The maximum atomic E-state index is 9.46. The molecule has 0 amide bonds. The summed E-state index contributed by atoms with van der Waals surface area (Å²) < 4.78 is 1.97. The van der Waals surface area contributed by atoms with Crippen LogP contribution in [0.1, 0.15) is 32.0 Å². The van der Waals surface area contributed by atoms with Gasteiger partial charge in [-0.2, -0.15) is 5.26 Å². The topological polar surface area (TPSA) is 54.0 Å². The summed E-state index contributed by atoms with van der Waals surface area (Å²) in [7, 11) is 0. The molecule has 0 saturated carbocycles. The first-order valence-corrected chi connectivity index (χ1v) is 7.59. The van der Waals surface area contributed by atoms with Gasteiger partial charge in [-0.05, 0) is 6.07 Å². The van der Waals surface area contributed by atoms with Gasteiger partial charge in [0.15, 0.2) is 0 Å². The van der Waals surface area contributed by atoms with Gasteiger partial charge in [0.05, 0.1) is 22.8 Å². The van der Waals surface area contributed by atoms with Gasteiger partial charge in [-0.15, -0.1) is 0 Å². The van der Waals surface area contributed by atoms with Crippen molar-refractivity contribution in [3.05, 3.63) is 54.0 Å². The molecule has 1 aromatic carbocycles. The Morgan fingerprint density at radius 1 is 1.13 bits per heavy atom. The molecule has 4 nitrogen and oxygen atoms in total. The molecule has 23 heavy (non-hydrogen) atoms. The zero-order chi connectivity index (χ0) is 16.2. The quantitative estimate of drug-likeness (QED) is 0.489. The highest BCUT2D eigenvalue weighted by Crippen LogP contribution is 2.28. The minimum absolute atomic E-state index is 0.0239. The molecule has 0 aliphatic heterocycles. The molecule has 0 spiro atoms. The van der Waals surface area contributed by atoms with Crippen LogP contribution in [-0.4, -0.2) is 14.4 Å². The lowest BCUT2D eigenvalue weighted by atomic mass is 9.91. The van der Waals surface area contributed by atoms with Crippen LogP contribution in [0.2, 0.25) is 0 Å². The van der Waals surface area contributed by atoms with Gasteiger partial charge in [-0.25, -0.2) is 4.98 Å². The number of nitrogens with zero attached hydrogens (tertiary/aromatic N) is 4. The van der Waals surface area contributed by atoms with E-state index in [0.29, 0.717) is 5.56 Å². The van der Waals surface area contributed by atoms with Crippen LogP contribution in [0.25, 0.3) is 27.5 Å². The summed E-state index contributed by atoms with van der Waals surface area (Å²) in [6, 6.07) is 12.2. The Hall–Kier alpha value is -2.93. The number of hydrogen-bond donors (Lipinski definition) is 0. The fourth-order valence-electron chi connectivity index (χ4n) is 2.93. The number of fused-ring (bicyclic) bond motifs is 5. The molecule has 0 aliphatic carbocycles. The van der Waals surface area contributed by atoms with Crippen molar-refractivity contribution in [2.45, 2.75) is 26.2 Å². The molecule has 0 atom stereocenters. The monoisotopic (exact) mass is 300 g/mol. The van der Waals surface area contributed by atoms with Crippen LogP contribution in [0.5, 0.6) is 0 Å². The Morgan fingerprint density at radius 2 is 1.87 bits per heavy atom. The summed E-state index contributed by atoms with van der Waals surface area (Å²) >= 11 is 0. The smallest absolute Gasteiger partial charge is 0.145 e. The molecule has 3 heterocycles. The van der Waals surface area contributed by atoms with Gasteiger partial charge in [-0.1, -0.05) is 45.0 Å². The summed E-state index contributed by atoms with van der Waals surface area (Å²) in [5.74, 6) is 0. The minimum Gasteiger partial charge on any atom is -0.296 e. The normalized spacial score (nSPS) is 12.1. The van der Waals surface area contributed by atoms with E-state index in [1.165, 1.54) is 0 Å². The predicted molar refractivity (Wildman–Crippen MR) is 91.4 cm³/mol. The zero-order valence-corrected chi connectivity index (χ0v) is 13.3. The molecule has 4 heteroatoms. The van der Waals surface area contributed by atoms with Crippen LogP contribution < -0.4 is 0 Å². The molecule has 0 radical (unpaired) electrons. The van der Waals surface area contributed by atoms with Crippen LogP contribution >= 0.6 is 0 Å². The third-order valence-corrected chi connectivity index (χ3v) is 4.18. The first-order valence-electron chi connectivity index (χ1n) is 7.59. The van der Waals surface area contributed by atoms with Crippen LogP contribution in [0.15, 0.2) is 42.7 Å². The zero-order valence-electron chi connectivity index (χ0n) is 13.3. The summed E-state index contributed by atoms with van der Waals surface area (Å²) in [6.07, 6.45) is 3.71. The Kier molecular flexibility index (Phi) is 2.70. The number of rotatable bonds is 0. The molecule has 3 aromatic heterocycles. The molecule has 0 fully saturated rings. The third-order valence-electron chi connectivity index (χ3n) is 4.18. The molecular formula is C19H16N4. The van der Waals surface area contributed by atoms with E-state index in [1.54, 1.807) is 0 Å². The van der Waals surface area contributed by atoms with Crippen molar-refractivity contribution in [1.29, 1.82) is 5.26 Å². The second kappa shape index (κ2) is 4.53. The number of benzene rings is 1. The molecule has 0 bridgehead atoms. The Labute approximate surface area is 134 Å². The van der Waals surface area contributed by atoms with E-state index in [4.69, 9.17) is 4.98 Å². The summed E-state index contributed by atoms with van der Waals surface area (Å²) in [4.78, 5) is 9.40. The fraction of sp³-hybridized carbons (Fsp3) is 0.211. The van der Waals surface area contributed by atoms with Crippen LogP contribution in [-0.2, 0) is 5.41 Å². The van der Waals surface area contributed by atoms with E-state index in [0.717, 1.165) is 33.1 Å². The van der Waals surface area contributed by atoms with Crippen LogP contribution in [0, 0.1) is 11.3 Å². The van der Waals surface area contributed by atoms with Crippen molar-refractivity contribution in [3.63, 3.8) is 0 Å². The maximum Gasteiger partial charge on any atom is 0.145 e. The highest BCUT2D eigenvalue weighted by atomic mass is 15.0. The molecular weight excluding hydrogens is 284 g/mol. The van der Waals surface area contributed by atoms with Crippen LogP contribution in [0.4, 0.5) is 0 Å². The molecule has 0 saturated heterocycles. The lowest BCUT2D eigenvalue weighted by molar-refractivity contribution is 0.570. The maximum absolute atomic E-state index is 9.46. The van der Waals surface area contributed by atoms with Gasteiger partial charge in [0.25, 0.3) is 0 Å². The largest absolute Gasteiger partial charge is 0.296 e. The van der Waals surface area contributed by atoms with E-state index in [-0.39, 0.29) is 5.41 Å². The van der Waals surface area contributed by atoms with Crippen molar-refractivity contribution < 1.29 is 0 Å². The Bertz CT molecular complexity index is 1110. The molecule has 4 aromatic rings. The van der Waals surface area contributed by atoms with Crippen molar-refractivity contribution in [3.8, 4) is 6.07 Å². The molecule has 0 unspecified atom stereocenters. The summed E-state index contributed by atoms with van der Waals surface area (Å²) in [6.45, 7) is 6.42. The molecule has 4 rings (SSSR count). The van der Waals surface area contributed by atoms with Gasteiger partial charge in [0.2, 0.25) is 0 Å². The number of imidazole rings is 1.